The molecule has 0 unspecified atom stereocenters. The van der Waals surface area contributed by atoms with E-state index in [0.29, 0.717) is 13.1 Å². The number of hydrogen-bond acceptors (Lipinski definition) is 6. The zero-order chi connectivity index (χ0) is 18.4. The summed E-state index contributed by atoms with van der Waals surface area (Å²) in [6.45, 7) is 10.7. The van der Waals surface area contributed by atoms with Crippen LogP contribution in [0, 0.1) is 0 Å². The van der Waals surface area contributed by atoms with E-state index in [1.807, 2.05) is 0 Å². The molecule has 0 atom stereocenters. The summed E-state index contributed by atoms with van der Waals surface area (Å²) in [5.41, 5.74) is 0. The molecule has 25 heavy (non-hydrogen) atoms. The number of rotatable bonds is 2. The fourth-order valence-corrected chi connectivity index (χ4v) is 4.37. The number of amides is 2. The molecule has 0 aromatic carbocycles. The van der Waals surface area contributed by atoms with Crippen molar-refractivity contribution in [2.24, 2.45) is 0 Å². The van der Waals surface area contributed by atoms with Crippen molar-refractivity contribution < 1.29 is 18.0 Å². The highest BCUT2D eigenvalue weighted by atomic mass is 32.2. The van der Waals surface area contributed by atoms with Crippen LogP contribution in [0.3, 0.4) is 0 Å². The van der Waals surface area contributed by atoms with E-state index in [4.69, 9.17) is 0 Å². The van der Waals surface area contributed by atoms with Crippen molar-refractivity contribution in [3.05, 3.63) is 0 Å². The highest BCUT2D eigenvalue weighted by Gasteiger charge is 2.32. The first-order chi connectivity index (χ1) is 11.9. The minimum atomic E-state index is -3.07. The van der Waals surface area contributed by atoms with Crippen LogP contribution in [-0.4, -0.2) is 117 Å². The van der Waals surface area contributed by atoms with Crippen LogP contribution >= 0.6 is 0 Å². The minimum Gasteiger partial charge on any atom is -0.332 e. The molecule has 0 aromatic rings. The van der Waals surface area contributed by atoms with Gasteiger partial charge in [0.1, 0.15) is 0 Å². The number of carbonyl (C=O) groups is 2. The summed E-state index contributed by atoms with van der Waals surface area (Å²) >= 11 is 0. The van der Waals surface area contributed by atoms with Gasteiger partial charge in [-0.3, -0.25) is 9.59 Å². The first-order valence-corrected chi connectivity index (χ1v) is 10.9. The standard InChI is InChI=1S/C16H30N4O4S/c1-3-17-5-6-18(4-2)8-10-19(9-7-17)15(21)16(22)20-11-13-25(23,24)14-12-20/h3-14H2,1-2H3. The van der Waals surface area contributed by atoms with E-state index in [-0.39, 0.29) is 24.6 Å². The van der Waals surface area contributed by atoms with Gasteiger partial charge in [0.15, 0.2) is 9.84 Å². The predicted octanol–water partition coefficient (Wildman–Crippen LogP) is -1.27. The van der Waals surface area contributed by atoms with Crippen LogP contribution < -0.4 is 0 Å². The Balaban J connectivity index is 2.00. The average Bonchev–Trinajstić information content (AvgIpc) is 2.70. The van der Waals surface area contributed by atoms with Crippen LogP contribution in [-0.2, 0) is 19.4 Å². The Labute approximate surface area is 150 Å². The summed E-state index contributed by atoms with van der Waals surface area (Å²) in [6.07, 6.45) is 0. The van der Waals surface area contributed by atoms with Crippen molar-refractivity contribution in [2.45, 2.75) is 13.8 Å². The van der Waals surface area contributed by atoms with E-state index in [1.54, 1.807) is 4.90 Å². The summed E-state index contributed by atoms with van der Waals surface area (Å²) in [7, 11) is -3.07. The predicted molar refractivity (Wildman–Crippen MR) is 96.0 cm³/mol. The number of likely N-dealkylation sites (N-methyl/N-ethyl adjacent to an activating group) is 2. The van der Waals surface area contributed by atoms with Crippen LogP contribution in [0.4, 0.5) is 0 Å². The lowest BCUT2D eigenvalue weighted by Gasteiger charge is -2.30. The highest BCUT2D eigenvalue weighted by Crippen LogP contribution is 2.07. The molecule has 2 rings (SSSR count). The molecule has 2 fully saturated rings. The molecule has 144 valence electrons. The van der Waals surface area contributed by atoms with E-state index >= 15 is 0 Å². The number of hydrogen-bond donors (Lipinski definition) is 0. The second-order valence-corrected chi connectivity index (χ2v) is 8.91. The second-order valence-electron chi connectivity index (χ2n) is 6.60. The Kier molecular flexibility index (Phi) is 7.21. The summed E-state index contributed by atoms with van der Waals surface area (Å²) in [5.74, 6) is -1.19. The van der Waals surface area contributed by atoms with Gasteiger partial charge in [-0.25, -0.2) is 8.42 Å². The van der Waals surface area contributed by atoms with E-state index in [9.17, 15) is 18.0 Å². The van der Waals surface area contributed by atoms with Gasteiger partial charge in [0, 0.05) is 52.4 Å². The maximum absolute atomic E-state index is 12.7. The summed E-state index contributed by atoms with van der Waals surface area (Å²) in [6, 6.07) is 0. The lowest BCUT2D eigenvalue weighted by Crippen LogP contribution is -2.52. The van der Waals surface area contributed by atoms with Crippen LogP contribution in [0.1, 0.15) is 13.8 Å². The van der Waals surface area contributed by atoms with Gasteiger partial charge in [-0.2, -0.15) is 0 Å². The van der Waals surface area contributed by atoms with Gasteiger partial charge in [0.25, 0.3) is 0 Å². The maximum atomic E-state index is 12.7. The monoisotopic (exact) mass is 374 g/mol. The lowest BCUT2D eigenvalue weighted by molar-refractivity contribution is -0.151. The van der Waals surface area contributed by atoms with Gasteiger partial charge >= 0.3 is 11.8 Å². The molecule has 2 heterocycles. The minimum absolute atomic E-state index is 0.0563. The van der Waals surface area contributed by atoms with Gasteiger partial charge in [-0.15, -0.1) is 0 Å². The summed E-state index contributed by atoms with van der Waals surface area (Å²) in [5, 5.41) is 0. The first-order valence-electron chi connectivity index (χ1n) is 9.09. The summed E-state index contributed by atoms with van der Waals surface area (Å²) < 4.78 is 23.0. The lowest BCUT2D eigenvalue weighted by atomic mass is 10.3. The molecule has 2 aliphatic rings. The van der Waals surface area contributed by atoms with Crippen LogP contribution in [0.25, 0.3) is 0 Å². The zero-order valence-electron chi connectivity index (χ0n) is 15.3. The van der Waals surface area contributed by atoms with E-state index in [1.165, 1.54) is 4.90 Å². The molecule has 2 saturated heterocycles. The van der Waals surface area contributed by atoms with Gasteiger partial charge in [0.05, 0.1) is 11.5 Å². The SMILES string of the molecule is CCN1CCN(CC)CCN(C(=O)C(=O)N2CCS(=O)(=O)CC2)CC1. The van der Waals surface area contributed by atoms with E-state index in [0.717, 1.165) is 39.3 Å². The molecule has 0 saturated carbocycles. The fraction of sp³-hybridized carbons (Fsp3) is 0.875. The molecule has 0 spiro atoms. The average molecular weight is 375 g/mol. The Morgan fingerprint density at radius 3 is 1.44 bits per heavy atom. The van der Waals surface area contributed by atoms with Crippen molar-refractivity contribution in [3.8, 4) is 0 Å². The van der Waals surface area contributed by atoms with Crippen molar-refractivity contribution in [2.75, 3.05) is 77.0 Å². The molecule has 0 N–H and O–H groups in total. The number of carbonyl (C=O) groups excluding carboxylic acids is 2. The molecule has 8 nitrogen and oxygen atoms in total. The third-order valence-corrected chi connectivity index (χ3v) is 6.71. The third-order valence-electron chi connectivity index (χ3n) is 5.10. The number of sulfone groups is 1. The Morgan fingerprint density at radius 1 is 0.680 bits per heavy atom. The van der Waals surface area contributed by atoms with Crippen molar-refractivity contribution in [3.63, 3.8) is 0 Å². The van der Waals surface area contributed by atoms with Crippen molar-refractivity contribution in [1.82, 2.24) is 19.6 Å². The Morgan fingerprint density at radius 2 is 1.04 bits per heavy atom. The first kappa shape index (κ1) is 20.1. The highest BCUT2D eigenvalue weighted by molar-refractivity contribution is 7.91. The van der Waals surface area contributed by atoms with Gasteiger partial charge in [-0.05, 0) is 13.1 Å². The Bertz CT molecular complexity index is 551. The van der Waals surface area contributed by atoms with Crippen LogP contribution in [0.15, 0.2) is 0 Å². The second kappa shape index (κ2) is 8.95. The molecule has 2 aliphatic heterocycles. The van der Waals surface area contributed by atoms with Gasteiger partial charge in [-0.1, -0.05) is 13.8 Å². The van der Waals surface area contributed by atoms with Gasteiger partial charge < -0.3 is 19.6 Å². The van der Waals surface area contributed by atoms with E-state index < -0.39 is 21.7 Å². The molecule has 2 amide bonds. The van der Waals surface area contributed by atoms with Crippen molar-refractivity contribution >= 4 is 21.7 Å². The fourth-order valence-electron chi connectivity index (χ4n) is 3.16. The summed E-state index contributed by atoms with van der Waals surface area (Å²) in [4.78, 5) is 32.8. The largest absolute Gasteiger partial charge is 0.332 e. The smallest absolute Gasteiger partial charge is 0.312 e. The quantitative estimate of drug-likeness (QED) is 0.561. The Hall–Kier alpha value is -1.19. The van der Waals surface area contributed by atoms with Gasteiger partial charge in [0.2, 0.25) is 0 Å². The molecule has 0 aromatic heterocycles. The number of nitrogens with zero attached hydrogens (tertiary/aromatic N) is 4. The third kappa shape index (κ3) is 5.65. The topological polar surface area (TPSA) is 81.2 Å². The van der Waals surface area contributed by atoms with Crippen LogP contribution in [0.2, 0.25) is 0 Å². The molecular formula is C16H30N4O4S. The van der Waals surface area contributed by atoms with Crippen LogP contribution in [0.5, 0.6) is 0 Å². The molecule has 0 radical (unpaired) electrons. The molecule has 0 bridgehead atoms. The van der Waals surface area contributed by atoms with Crippen molar-refractivity contribution in [1.29, 1.82) is 0 Å². The molecule has 9 heteroatoms. The normalized spacial score (nSPS) is 23.6. The zero-order valence-corrected chi connectivity index (χ0v) is 16.1. The molecule has 0 aliphatic carbocycles. The maximum Gasteiger partial charge on any atom is 0.312 e. The van der Waals surface area contributed by atoms with E-state index in [2.05, 4.69) is 23.6 Å². The molecular weight excluding hydrogens is 344 g/mol.